The zero-order chi connectivity index (χ0) is 19.5. The van der Waals surface area contributed by atoms with E-state index in [1.807, 2.05) is 49.4 Å². The summed E-state index contributed by atoms with van der Waals surface area (Å²) in [5.41, 5.74) is 2.29. The summed E-state index contributed by atoms with van der Waals surface area (Å²) < 4.78 is 12.3. The summed E-state index contributed by atoms with van der Waals surface area (Å²) in [6, 6.07) is 13.1. The molecule has 1 aliphatic heterocycles. The summed E-state index contributed by atoms with van der Waals surface area (Å²) in [5, 5.41) is 3.19. The highest BCUT2D eigenvalue weighted by molar-refractivity contribution is 7.99. The van der Waals surface area contributed by atoms with Gasteiger partial charge in [0.2, 0.25) is 12.7 Å². The molecule has 0 radical (unpaired) electrons. The van der Waals surface area contributed by atoms with E-state index in [1.54, 1.807) is 4.57 Å². The van der Waals surface area contributed by atoms with Crippen LogP contribution in [0.2, 0.25) is 0 Å². The van der Waals surface area contributed by atoms with Gasteiger partial charge in [-0.05, 0) is 36.8 Å². The van der Waals surface area contributed by atoms with Gasteiger partial charge in [-0.2, -0.15) is 0 Å². The molecule has 1 amide bonds. The average molecular weight is 397 g/mol. The second-order valence-corrected chi connectivity index (χ2v) is 7.17. The molecule has 2 heterocycles. The van der Waals surface area contributed by atoms with Gasteiger partial charge in [-0.25, -0.2) is 4.98 Å². The minimum absolute atomic E-state index is 0.120. The number of thioether (sulfide) groups is 1. The van der Waals surface area contributed by atoms with Crippen LogP contribution >= 0.6 is 11.8 Å². The van der Waals surface area contributed by atoms with Gasteiger partial charge >= 0.3 is 0 Å². The Bertz CT molecular complexity index is 1100. The number of aryl methyl sites for hydroxylation is 1. The first-order chi connectivity index (χ1) is 13.7. The number of carbonyl (C=O) groups excluding carboxylic acids is 1. The number of nitrogens with one attached hydrogen (secondary N) is 1. The average Bonchev–Trinajstić information content (AvgIpc) is 3.18. The quantitative estimate of drug-likeness (QED) is 0.644. The molecular formula is C20H19N3O4S. The first-order valence-electron chi connectivity index (χ1n) is 8.93. The molecule has 0 unspecified atom stereocenters. The maximum atomic E-state index is 12.6. The molecule has 0 bridgehead atoms. The highest BCUT2D eigenvalue weighted by atomic mass is 32.2. The Labute approximate surface area is 165 Å². The van der Waals surface area contributed by atoms with Crippen LogP contribution in [0.25, 0.3) is 11.0 Å². The summed E-state index contributed by atoms with van der Waals surface area (Å²) in [4.78, 5) is 29.3. The first kappa shape index (κ1) is 18.4. The van der Waals surface area contributed by atoms with Gasteiger partial charge in [0.1, 0.15) is 0 Å². The molecule has 1 aromatic heterocycles. The Hall–Kier alpha value is -3.00. The predicted octanol–water partition coefficient (Wildman–Crippen LogP) is 2.55. The number of carbonyl (C=O) groups is 1. The van der Waals surface area contributed by atoms with Gasteiger partial charge in [-0.15, -0.1) is 0 Å². The molecule has 144 valence electrons. The van der Waals surface area contributed by atoms with Gasteiger partial charge in [-0.1, -0.05) is 30.0 Å². The number of amides is 1. The van der Waals surface area contributed by atoms with Crippen molar-refractivity contribution >= 4 is 28.7 Å². The maximum Gasteiger partial charge on any atom is 0.283 e. The highest BCUT2D eigenvalue weighted by Crippen LogP contribution is 2.32. The number of ether oxygens (including phenoxy) is 2. The van der Waals surface area contributed by atoms with Crippen molar-refractivity contribution in [2.24, 2.45) is 0 Å². The van der Waals surface area contributed by atoms with Crippen molar-refractivity contribution in [1.82, 2.24) is 14.9 Å². The van der Waals surface area contributed by atoms with Crippen LogP contribution in [-0.4, -0.2) is 28.0 Å². The minimum atomic E-state index is -0.172. The van der Waals surface area contributed by atoms with Gasteiger partial charge in [0, 0.05) is 13.1 Å². The Kier molecular flexibility index (Phi) is 5.21. The number of hydrogen-bond acceptors (Lipinski definition) is 6. The third-order valence-corrected chi connectivity index (χ3v) is 5.35. The van der Waals surface area contributed by atoms with Gasteiger partial charge in [0.25, 0.3) is 5.56 Å². The minimum Gasteiger partial charge on any atom is -0.454 e. The number of rotatable bonds is 6. The van der Waals surface area contributed by atoms with Crippen molar-refractivity contribution in [2.45, 2.75) is 25.0 Å². The lowest BCUT2D eigenvalue weighted by Gasteiger charge is -2.10. The van der Waals surface area contributed by atoms with Crippen LogP contribution in [0.4, 0.5) is 0 Å². The summed E-state index contributed by atoms with van der Waals surface area (Å²) >= 11 is 1.15. The topological polar surface area (TPSA) is 82.5 Å². The zero-order valence-electron chi connectivity index (χ0n) is 15.3. The fourth-order valence-electron chi connectivity index (χ4n) is 3.01. The van der Waals surface area contributed by atoms with Gasteiger partial charge < -0.3 is 19.4 Å². The molecule has 0 atom stereocenters. The van der Waals surface area contributed by atoms with Crippen LogP contribution in [0.1, 0.15) is 12.5 Å². The lowest BCUT2D eigenvalue weighted by molar-refractivity contribution is -0.118. The van der Waals surface area contributed by atoms with E-state index in [2.05, 4.69) is 10.3 Å². The van der Waals surface area contributed by atoms with Gasteiger partial charge in [0.05, 0.1) is 16.8 Å². The van der Waals surface area contributed by atoms with Crippen LogP contribution in [0.15, 0.2) is 52.3 Å². The van der Waals surface area contributed by atoms with Crippen LogP contribution < -0.4 is 20.3 Å². The number of hydrogen-bond donors (Lipinski definition) is 1. The number of fused-ring (bicyclic) bond motifs is 2. The number of para-hydroxylation sites is 2. The lowest BCUT2D eigenvalue weighted by atomic mass is 10.2. The molecule has 3 aromatic rings. The molecule has 0 spiro atoms. The molecule has 2 aromatic carbocycles. The zero-order valence-corrected chi connectivity index (χ0v) is 16.1. The van der Waals surface area contributed by atoms with Crippen molar-refractivity contribution in [3.8, 4) is 11.5 Å². The smallest absolute Gasteiger partial charge is 0.283 e. The molecule has 0 aliphatic carbocycles. The van der Waals surface area contributed by atoms with Gasteiger partial charge in [-0.3, -0.25) is 9.59 Å². The first-order valence-corrected chi connectivity index (χ1v) is 9.92. The Morgan fingerprint density at radius 2 is 2.04 bits per heavy atom. The van der Waals surface area contributed by atoms with Crippen LogP contribution in [0.3, 0.4) is 0 Å². The van der Waals surface area contributed by atoms with E-state index in [-0.39, 0.29) is 24.0 Å². The van der Waals surface area contributed by atoms with Crippen LogP contribution in [-0.2, 0) is 17.9 Å². The molecule has 1 N–H and O–H groups in total. The molecule has 1 aliphatic rings. The fraction of sp³-hybridized carbons (Fsp3) is 0.250. The van der Waals surface area contributed by atoms with Crippen molar-refractivity contribution in [3.63, 3.8) is 0 Å². The number of benzene rings is 2. The van der Waals surface area contributed by atoms with E-state index < -0.39 is 0 Å². The lowest BCUT2D eigenvalue weighted by Crippen LogP contribution is -2.26. The van der Waals surface area contributed by atoms with Crippen molar-refractivity contribution in [2.75, 3.05) is 12.5 Å². The second-order valence-electron chi connectivity index (χ2n) is 6.21. The van der Waals surface area contributed by atoms with Crippen LogP contribution in [0, 0.1) is 0 Å². The van der Waals surface area contributed by atoms with Crippen molar-refractivity contribution in [1.29, 1.82) is 0 Å². The van der Waals surface area contributed by atoms with Crippen molar-refractivity contribution in [3.05, 3.63) is 58.4 Å². The monoisotopic (exact) mass is 397 g/mol. The van der Waals surface area contributed by atoms with E-state index in [1.165, 1.54) is 0 Å². The standard InChI is InChI=1S/C20H19N3O4S/c1-2-23-15-6-4-3-5-14(15)22-19(20(23)25)28-11-18(24)21-10-13-7-8-16-17(9-13)27-12-26-16/h3-9H,2,10-12H2,1H3,(H,21,24). The third-order valence-electron chi connectivity index (χ3n) is 4.41. The Morgan fingerprint density at radius 3 is 2.89 bits per heavy atom. The highest BCUT2D eigenvalue weighted by Gasteiger charge is 2.14. The summed E-state index contributed by atoms with van der Waals surface area (Å²) in [6.07, 6.45) is 0. The Morgan fingerprint density at radius 1 is 1.21 bits per heavy atom. The third kappa shape index (κ3) is 3.68. The molecule has 0 saturated heterocycles. The number of aromatic nitrogens is 2. The molecule has 8 heteroatoms. The fourth-order valence-corrected chi connectivity index (χ4v) is 3.78. The molecule has 4 rings (SSSR count). The van der Waals surface area contributed by atoms with E-state index >= 15 is 0 Å². The predicted molar refractivity (Wildman–Crippen MR) is 107 cm³/mol. The van der Waals surface area contributed by atoms with Crippen molar-refractivity contribution < 1.29 is 14.3 Å². The van der Waals surface area contributed by atoms with Gasteiger partial charge in [0.15, 0.2) is 16.5 Å². The van der Waals surface area contributed by atoms with E-state index in [9.17, 15) is 9.59 Å². The molecule has 7 nitrogen and oxygen atoms in total. The largest absolute Gasteiger partial charge is 0.454 e. The SMILES string of the molecule is CCn1c(=O)c(SCC(=O)NCc2ccc3c(c2)OCO3)nc2ccccc21. The van der Waals surface area contributed by atoms with E-state index in [4.69, 9.17) is 9.47 Å². The maximum absolute atomic E-state index is 12.6. The normalized spacial score (nSPS) is 12.3. The molecule has 0 fully saturated rings. The van der Waals surface area contributed by atoms with E-state index in [0.29, 0.717) is 29.6 Å². The molecular weight excluding hydrogens is 378 g/mol. The number of nitrogens with zero attached hydrogens (tertiary/aromatic N) is 2. The van der Waals surface area contributed by atoms with E-state index in [0.717, 1.165) is 28.4 Å². The molecule has 0 saturated carbocycles. The summed E-state index contributed by atoms with van der Waals surface area (Å²) in [5.74, 6) is 1.34. The summed E-state index contributed by atoms with van der Waals surface area (Å²) in [6.45, 7) is 3.06. The molecule has 28 heavy (non-hydrogen) atoms. The Balaban J connectivity index is 1.41. The van der Waals surface area contributed by atoms with Crippen LogP contribution in [0.5, 0.6) is 11.5 Å². The summed E-state index contributed by atoms with van der Waals surface area (Å²) in [7, 11) is 0. The second kappa shape index (κ2) is 7.93.